The number of methoxy groups -OCH3 is 1. The van der Waals surface area contributed by atoms with Crippen molar-refractivity contribution in [1.82, 2.24) is 15.3 Å². The lowest BCUT2D eigenvalue weighted by Crippen LogP contribution is -2.32. The van der Waals surface area contributed by atoms with Crippen LogP contribution in [0.15, 0.2) is 53.6 Å². The maximum atomic E-state index is 12.4. The minimum absolute atomic E-state index is 0.00266. The normalized spacial score (nSPS) is 12.0. The van der Waals surface area contributed by atoms with Gasteiger partial charge in [0, 0.05) is 6.54 Å². The number of benzene rings is 2. The lowest BCUT2D eigenvalue weighted by Gasteiger charge is -2.13. The van der Waals surface area contributed by atoms with Gasteiger partial charge in [0.1, 0.15) is 10.8 Å². The minimum atomic E-state index is -0.241. The zero-order chi connectivity index (χ0) is 19.2. The van der Waals surface area contributed by atoms with Crippen molar-refractivity contribution >= 4 is 28.7 Å². The first-order valence-corrected chi connectivity index (χ1v) is 9.75. The maximum absolute atomic E-state index is 12.4. The fourth-order valence-corrected chi connectivity index (χ4v) is 3.56. The van der Waals surface area contributed by atoms with E-state index in [9.17, 15) is 4.79 Å². The van der Waals surface area contributed by atoms with E-state index in [1.54, 1.807) is 7.11 Å². The summed E-state index contributed by atoms with van der Waals surface area (Å²) >= 11 is 1.44. The standard InChI is InChI=1S/C21H23N3O2S/c1-14-21(24-19-7-5-4-6-18(19)23-14)27-15(2)20(25)22-13-12-16-8-10-17(26-3)11-9-16/h4-11,15H,12-13H2,1-3H3,(H,22,25). The number of nitrogens with zero attached hydrogens (tertiary/aromatic N) is 2. The molecule has 1 atom stereocenters. The number of amides is 1. The first-order valence-electron chi connectivity index (χ1n) is 8.87. The Hall–Kier alpha value is -2.60. The van der Waals surface area contributed by atoms with Gasteiger partial charge in [-0.15, -0.1) is 0 Å². The molecule has 0 saturated heterocycles. The number of nitrogens with one attached hydrogen (secondary N) is 1. The van der Waals surface area contributed by atoms with Crippen LogP contribution in [0.3, 0.4) is 0 Å². The van der Waals surface area contributed by atoms with Crippen molar-refractivity contribution < 1.29 is 9.53 Å². The minimum Gasteiger partial charge on any atom is -0.497 e. The van der Waals surface area contributed by atoms with E-state index in [1.807, 2.05) is 62.4 Å². The van der Waals surface area contributed by atoms with E-state index in [0.717, 1.165) is 39.5 Å². The molecule has 2 aromatic carbocycles. The van der Waals surface area contributed by atoms with E-state index in [2.05, 4.69) is 15.3 Å². The largest absolute Gasteiger partial charge is 0.497 e. The number of hydrogen-bond acceptors (Lipinski definition) is 5. The van der Waals surface area contributed by atoms with Gasteiger partial charge in [0.2, 0.25) is 5.91 Å². The van der Waals surface area contributed by atoms with Crippen molar-refractivity contribution in [3.63, 3.8) is 0 Å². The number of ether oxygens (including phenoxy) is 1. The molecule has 1 N–H and O–H groups in total. The van der Waals surface area contributed by atoms with Crippen molar-refractivity contribution in [2.45, 2.75) is 30.5 Å². The Kier molecular flexibility index (Phi) is 6.29. The van der Waals surface area contributed by atoms with Crippen LogP contribution in [0.2, 0.25) is 0 Å². The molecule has 6 heteroatoms. The molecule has 1 aromatic heterocycles. The Labute approximate surface area is 163 Å². The molecule has 0 bridgehead atoms. The predicted molar refractivity (Wildman–Crippen MR) is 109 cm³/mol. The molecular weight excluding hydrogens is 358 g/mol. The molecule has 27 heavy (non-hydrogen) atoms. The molecule has 140 valence electrons. The van der Waals surface area contributed by atoms with Crippen molar-refractivity contribution in [2.75, 3.05) is 13.7 Å². The number of thioether (sulfide) groups is 1. The molecule has 1 heterocycles. The van der Waals surface area contributed by atoms with E-state index in [0.29, 0.717) is 6.54 Å². The van der Waals surface area contributed by atoms with Crippen molar-refractivity contribution in [2.24, 2.45) is 0 Å². The summed E-state index contributed by atoms with van der Waals surface area (Å²) < 4.78 is 5.15. The van der Waals surface area contributed by atoms with E-state index >= 15 is 0 Å². The highest BCUT2D eigenvalue weighted by atomic mass is 32.2. The highest BCUT2D eigenvalue weighted by Gasteiger charge is 2.17. The summed E-state index contributed by atoms with van der Waals surface area (Å²) in [5.41, 5.74) is 3.72. The predicted octanol–water partition coefficient (Wildman–Crippen LogP) is 3.79. The van der Waals surface area contributed by atoms with Crippen molar-refractivity contribution in [1.29, 1.82) is 0 Å². The second-order valence-electron chi connectivity index (χ2n) is 6.25. The third-order valence-electron chi connectivity index (χ3n) is 4.23. The van der Waals surface area contributed by atoms with Gasteiger partial charge in [-0.05, 0) is 50.1 Å². The highest BCUT2D eigenvalue weighted by molar-refractivity contribution is 8.00. The molecule has 1 amide bonds. The molecule has 5 nitrogen and oxygen atoms in total. The maximum Gasteiger partial charge on any atom is 0.233 e. The smallest absolute Gasteiger partial charge is 0.233 e. The van der Waals surface area contributed by atoms with Gasteiger partial charge in [-0.2, -0.15) is 0 Å². The molecule has 3 rings (SSSR count). The van der Waals surface area contributed by atoms with E-state index in [4.69, 9.17) is 4.74 Å². The number of aryl methyl sites for hydroxylation is 1. The number of carbonyl (C=O) groups excluding carboxylic acids is 1. The lowest BCUT2D eigenvalue weighted by molar-refractivity contribution is -0.120. The summed E-state index contributed by atoms with van der Waals surface area (Å²) in [6, 6.07) is 15.6. The Morgan fingerprint density at radius 1 is 1.11 bits per heavy atom. The quantitative estimate of drug-likeness (QED) is 0.631. The van der Waals surface area contributed by atoms with E-state index in [1.165, 1.54) is 11.8 Å². The lowest BCUT2D eigenvalue weighted by atomic mass is 10.1. The molecular formula is C21H23N3O2S. The third-order valence-corrected chi connectivity index (χ3v) is 5.41. The molecule has 0 aliphatic heterocycles. The van der Waals surface area contributed by atoms with Crippen molar-refractivity contribution in [3.05, 3.63) is 59.8 Å². The van der Waals surface area contributed by atoms with E-state index < -0.39 is 0 Å². The van der Waals surface area contributed by atoms with Gasteiger partial charge in [0.05, 0.1) is 29.1 Å². The average Bonchev–Trinajstić information content (AvgIpc) is 2.69. The number of aromatic nitrogens is 2. The Bertz CT molecular complexity index is 928. The molecule has 0 saturated carbocycles. The van der Waals surface area contributed by atoms with Crippen LogP contribution in [0.25, 0.3) is 11.0 Å². The zero-order valence-corrected chi connectivity index (χ0v) is 16.5. The molecule has 1 unspecified atom stereocenters. The summed E-state index contributed by atoms with van der Waals surface area (Å²) in [4.78, 5) is 21.6. The molecule has 0 fully saturated rings. The van der Waals surface area contributed by atoms with Crippen LogP contribution in [0.1, 0.15) is 18.2 Å². The first-order chi connectivity index (χ1) is 13.1. The Morgan fingerprint density at radius 2 is 1.78 bits per heavy atom. The SMILES string of the molecule is COc1ccc(CCNC(=O)C(C)Sc2nc3ccccc3nc2C)cc1. The summed E-state index contributed by atoms with van der Waals surface area (Å²) in [7, 11) is 1.65. The van der Waals surface area contributed by atoms with Crippen molar-refractivity contribution in [3.8, 4) is 5.75 Å². The van der Waals surface area contributed by atoms with Gasteiger partial charge in [-0.1, -0.05) is 36.0 Å². The molecule has 0 radical (unpaired) electrons. The molecule has 0 aliphatic carbocycles. The van der Waals surface area contributed by atoms with Crippen LogP contribution in [-0.2, 0) is 11.2 Å². The van der Waals surface area contributed by atoms with Gasteiger partial charge in [0.25, 0.3) is 0 Å². The third kappa shape index (κ3) is 4.98. The second kappa shape index (κ2) is 8.86. The van der Waals surface area contributed by atoms with Crippen LogP contribution in [0.5, 0.6) is 5.75 Å². The number of carbonyl (C=O) groups is 1. The monoisotopic (exact) mass is 381 g/mol. The summed E-state index contributed by atoms with van der Waals surface area (Å²) in [6.07, 6.45) is 0.780. The van der Waals surface area contributed by atoms with Gasteiger partial charge >= 0.3 is 0 Å². The average molecular weight is 382 g/mol. The van der Waals surface area contributed by atoms with Crippen LogP contribution in [-0.4, -0.2) is 34.8 Å². The van der Waals surface area contributed by atoms with Gasteiger partial charge in [-0.25, -0.2) is 9.97 Å². The Balaban J connectivity index is 1.55. The Morgan fingerprint density at radius 3 is 2.44 bits per heavy atom. The number of hydrogen-bond donors (Lipinski definition) is 1. The summed E-state index contributed by atoms with van der Waals surface area (Å²) in [6.45, 7) is 4.41. The highest BCUT2D eigenvalue weighted by Crippen LogP contribution is 2.25. The van der Waals surface area contributed by atoms with Crippen LogP contribution >= 0.6 is 11.8 Å². The fourth-order valence-electron chi connectivity index (χ4n) is 2.67. The van der Waals surface area contributed by atoms with Gasteiger partial charge in [0.15, 0.2) is 0 Å². The number of para-hydroxylation sites is 2. The molecule has 3 aromatic rings. The van der Waals surface area contributed by atoms with Crippen LogP contribution < -0.4 is 10.1 Å². The van der Waals surface area contributed by atoms with E-state index in [-0.39, 0.29) is 11.2 Å². The zero-order valence-electron chi connectivity index (χ0n) is 15.7. The summed E-state index contributed by atoms with van der Waals surface area (Å²) in [5.74, 6) is 0.836. The second-order valence-corrected chi connectivity index (χ2v) is 7.58. The number of rotatable bonds is 7. The fraction of sp³-hybridized carbons (Fsp3) is 0.286. The molecule has 0 aliphatic rings. The van der Waals surface area contributed by atoms with Gasteiger partial charge < -0.3 is 10.1 Å². The number of fused-ring (bicyclic) bond motifs is 1. The van der Waals surface area contributed by atoms with Crippen LogP contribution in [0.4, 0.5) is 0 Å². The van der Waals surface area contributed by atoms with Crippen LogP contribution in [0, 0.1) is 6.92 Å². The first kappa shape index (κ1) is 19.2. The van der Waals surface area contributed by atoms with Gasteiger partial charge in [-0.3, -0.25) is 4.79 Å². The summed E-state index contributed by atoms with van der Waals surface area (Å²) in [5, 5.41) is 3.55. The topological polar surface area (TPSA) is 64.1 Å². The molecule has 0 spiro atoms.